The van der Waals surface area contributed by atoms with E-state index in [2.05, 4.69) is 27.7 Å². The Bertz CT molecular complexity index is 1110. The molecule has 2 aromatic carbocycles. The Hall–Kier alpha value is -2.97. The summed E-state index contributed by atoms with van der Waals surface area (Å²) < 4.78 is 11.5. The summed E-state index contributed by atoms with van der Waals surface area (Å²) in [5.74, 6) is 0.202. The van der Waals surface area contributed by atoms with Crippen molar-refractivity contribution in [1.29, 1.82) is 0 Å². The predicted octanol–water partition coefficient (Wildman–Crippen LogP) is 2.85. The van der Waals surface area contributed by atoms with Crippen LogP contribution in [0.15, 0.2) is 34.9 Å². The van der Waals surface area contributed by atoms with E-state index >= 15 is 0 Å². The topological polar surface area (TPSA) is 96.7 Å². The first kappa shape index (κ1) is 23.2. The Morgan fingerprint density at radius 1 is 1.33 bits per heavy atom. The molecule has 1 fully saturated rings. The van der Waals surface area contributed by atoms with Crippen LogP contribution in [0.4, 0.5) is 0 Å². The first-order chi connectivity index (χ1) is 16.1. The Kier molecular flexibility index (Phi) is 7.57. The zero-order valence-corrected chi connectivity index (χ0v) is 19.3. The molecule has 2 heterocycles. The van der Waals surface area contributed by atoms with Gasteiger partial charge >= 0.3 is 0 Å². The monoisotopic (exact) mass is 452 g/mol. The van der Waals surface area contributed by atoms with Gasteiger partial charge in [-0.3, -0.25) is 9.69 Å². The van der Waals surface area contributed by atoms with E-state index in [-0.39, 0.29) is 12.3 Å². The highest BCUT2D eigenvalue weighted by atomic mass is 16.5. The Morgan fingerprint density at radius 3 is 2.91 bits per heavy atom. The molecule has 1 unspecified atom stereocenters. The summed E-state index contributed by atoms with van der Waals surface area (Å²) in [4.78, 5) is 25.8. The van der Waals surface area contributed by atoms with Crippen LogP contribution in [-0.4, -0.2) is 68.6 Å². The van der Waals surface area contributed by atoms with Gasteiger partial charge in [-0.05, 0) is 74.4 Å². The molecule has 2 N–H and O–H groups in total. The number of hydrogen-bond donors (Lipinski definition) is 2. The number of carbonyl (C=O) groups excluding carboxylic acids is 2. The predicted molar refractivity (Wildman–Crippen MR) is 128 cm³/mol. The lowest BCUT2D eigenvalue weighted by Crippen LogP contribution is -2.42. The molecule has 176 valence electrons. The van der Waals surface area contributed by atoms with Gasteiger partial charge in [0.25, 0.3) is 0 Å². The van der Waals surface area contributed by atoms with Gasteiger partial charge in [-0.15, -0.1) is 0 Å². The first-order valence-corrected chi connectivity index (χ1v) is 11.6. The molecule has 0 spiro atoms. The average Bonchev–Trinajstić information content (AvgIpc) is 3.29. The van der Waals surface area contributed by atoms with Gasteiger partial charge in [0.1, 0.15) is 24.3 Å². The van der Waals surface area contributed by atoms with Gasteiger partial charge in [-0.1, -0.05) is 11.2 Å². The molecule has 0 aliphatic carbocycles. The molecule has 3 aromatic rings. The van der Waals surface area contributed by atoms with Gasteiger partial charge in [-0.2, -0.15) is 0 Å². The van der Waals surface area contributed by atoms with Crippen LogP contribution in [0.5, 0.6) is 5.75 Å². The van der Waals surface area contributed by atoms with Crippen LogP contribution in [-0.2, 0) is 9.59 Å². The second-order valence-electron chi connectivity index (χ2n) is 8.65. The third-order valence-electron chi connectivity index (χ3n) is 6.57. The lowest BCUT2D eigenvalue weighted by molar-refractivity contribution is -0.120. The molecule has 1 aromatic heterocycles. The smallest absolute Gasteiger partial charge is 0.219 e. The summed E-state index contributed by atoms with van der Waals surface area (Å²) in [6, 6.07) is 10.4. The van der Waals surface area contributed by atoms with E-state index in [1.54, 1.807) is 7.05 Å². The normalized spacial score (nSPS) is 15.7. The molecule has 0 radical (unpaired) electrons. The quantitative estimate of drug-likeness (QED) is 0.457. The van der Waals surface area contributed by atoms with E-state index in [1.165, 1.54) is 12.8 Å². The molecule has 1 amide bonds. The van der Waals surface area contributed by atoms with Crippen molar-refractivity contribution in [2.24, 2.45) is 0 Å². The number of fused-ring (bicyclic) bond motifs is 3. The lowest BCUT2D eigenvalue weighted by atomic mass is 9.95. The molecular weight excluding hydrogens is 420 g/mol. The molecule has 8 nitrogen and oxygen atoms in total. The molecule has 1 aliphatic heterocycles. The van der Waals surface area contributed by atoms with E-state index in [0.717, 1.165) is 47.8 Å². The molecule has 8 heteroatoms. The molecular formula is C25H32N4O4. The van der Waals surface area contributed by atoms with Crippen LogP contribution < -0.4 is 15.4 Å². The molecule has 33 heavy (non-hydrogen) atoms. The fourth-order valence-electron chi connectivity index (χ4n) is 4.53. The van der Waals surface area contributed by atoms with E-state index in [9.17, 15) is 9.59 Å². The van der Waals surface area contributed by atoms with Crippen LogP contribution in [0.1, 0.15) is 37.3 Å². The fraction of sp³-hybridized carbons (Fsp3) is 0.480. The number of aromatic nitrogens is 1. The van der Waals surface area contributed by atoms with Crippen LogP contribution in [0.3, 0.4) is 0 Å². The second-order valence-corrected chi connectivity index (χ2v) is 8.65. The summed E-state index contributed by atoms with van der Waals surface area (Å²) in [5.41, 5.74) is 1.20. The molecule has 1 aliphatic rings. The summed E-state index contributed by atoms with van der Waals surface area (Å²) in [7, 11) is 3.75. The van der Waals surface area contributed by atoms with Crippen LogP contribution >= 0.6 is 0 Å². The number of amides is 1. The van der Waals surface area contributed by atoms with Crippen LogP contribution in [0.2, 0.25) is 0 Å². The standard InChI is InChI=1S/C25H32N4O4/c1-26-23(31)8-4-18(16-30)25-24-21-6-5-20(15-17(21)3-7-22(24)33-28-25)32-14-13-29(2)19-9-11-27-12-10-19/h3,5-7,15-16,18-19,27H,4,8-14H2,1-2H3,(H,26,31). The van der Waals surface area contributed by atoms with Gasteiger partial charge in [0, 0.05) is 26.1 Å². The van der Waals surface area contributed by atoms with Crippen molar-refractivity contribution in [3.05, 3.63) is 36.0 Å². The molecule has 1 atom stereocenters. The van der Waals surface area contributed by atoms with E-state index < -0.39 is 5.92 Å². The van der Waals surface area contributed by atoms with E-state index in [0.29, 0.717) is 30.3 Å². The van der Waals surface area contributed by atoms with Crippen molar-refractivity contribution in [1.82, 2.24) is 20.7 Å². The maximum atomic E-state index is 11.8. The van der Waals surface area contributed by atoms with E-state index in [4.69, 9.17) is 9.26 Å². The zero-order valence-electron chi connectivity index (χ0n) is 19.3. The van der Waals surface area contributed by atoms with Crippen molar-refractivity contribution in [2.45, 2.75) is 37.6 Å². The lowest BCUT2D eigenvalue weighted by Gasteiger charge is -2.31. The number of nitrogens with zero attached hydrogens (tertiary/aromatic N) is 2. The third-order valence-corrected chi connectivity index (χ3v) is 6.57. The van der Waals surface area contributed by atoms with E-state index in [1.807, 2.05) is 30.3 Å². The minimum atomic E-state index is -0.504. The molecule has 1 saturated heterocycles. The highest BCUT2D eigenvalue weighted by Crippen LogP contribution is 2.34. The number of rotatable bonds is 10. The van der Waals surface area contributed by atoms with Gasteiger partial charge in [-0.25, -0.2) is 0 Å². The summed E-state index contributed by atoms with van der Waals surface area (Å²) in [6.45, 7) is 3.66. The SMILES string of the molecule is CNC(=O)CCC(C=O)c1noc2ccc3cc(OCCN(C)C4CCNCC4)ccc3c12. The highest BCUT2D eigenvalue weighted by Gasteiger charge is 2.22. The number of nitrogens with one attached hydrogen (secondary N) is 2. The summed E-state index contributed by atoms with van der Waals surface area (Å²) >= 11 is 0. The zero-order chi connectivity index (χ0) is 23.2. The number of hydrogen-bond acceptors (Lipinski definition) is 7. The number of piperidine rings is 1. The van der Waals surface area contributed by atoms with Crippen molar-refractivity contribution < 1.29 is 18.8 Å². The largest absolute Gasteiger partial charge is 0.492 e. The highest BCUT2D eigenvalue weighted by molar-refractivity contribution is 6.08. The molecule has 4 rings (SSSR count). The number of aldehydes is 1. The number of benzene rings is 2. The Balaban J connectivity index is 1.49. The first-order valence-electron chi connectivity index (χ1n) is 11.6. The van der Waals surface area contributed by atoms with Crippen molar-refractivity contribution in [2.75, 3.05) is 40.3 Å². The minimum Gasteiger partial charge on any atom is -0.492 e. The molecule has 0 saturated carbocycles. The van der Waals surface area contributed by atoms with Gasteiger partial charge in [0.2, 0.25) is 5.91 Å². The average molecular weight is 453 g/mol. The van der Waals surface area contributed by atoms with Crippen molar-refractivity contribution in [3.8, 4) is 5.75 Å². The van der Waals surface area contributed by atoms with Gasteiger partial charge in [0.15, 0.2) is 5.58 Å². The second kappa shape index (κ2) is 10.8. The van der Waals surface area contributed by atoms with Crippen molar-refractivity contribution in [3.63, 3.8) is 0 Å². The number of carbonyl (C=O) groups is 2. The molecule has 0 bridgehead atoms. The van der Waals surface area contributed by atoms with Crippen LogP contribution in [0, 0.1) is 0 Å². The number of likely N-dealkylation sites (N-methyl/N-ethyl adjacent to an activating group) is 1. The van der Waals surface area contributed by atoms with Crippen molar-refractivity contribution >= 4 is 33.9 Å². The summed E-state index contributed by atoms with van der Waals surface area (Å²) in [6.07, 6.45) is 3.83. The van der Waals surface area contributed by atoms with Gasteiger partial charge < -0.3 is 24.7 Å². The minimum absolute atomic E-state index is 0.105. The number of ether oxygens (including phenoxy) is 1. The summed E-state index contributed by atoms with van der Waals surface area (Å²) in [5, 5.41) is 12.9. The third kappa shape index (κ3) is 5.34. The Morgan fingerprint density at radius 2 is 2.15 bits per heavy atom. The fourth-order valence-corrected chi connectivity index (χ4v) is 4.53. The van der Waals surface area contributed by atoms with Gasteiger partial charge in [0.05, 0.1) is 11.3 Å². The maximum absolute atomic E-state index is 11.8. The Labute approximate surface area is 193 Å². The van der Waals surface area contributed by atoms with Crippen LogP contribution in [0.25, 0.3) is 21.7 Å². The maximum Gasteiger partial charge on any atom is 0.219 e.